The van der Waals surface area contributed by atoms with Crippen molar-refractivity contribution in [2.24, 2.45) is 0 Å². The second-order valence-electron chi connectivity index (χ2n) is 7.27. The molecule has 0 aliphatic carbocycles. The van der Waals surface area contributed by atoms with Crippen molar-refractivity contribution in [2.75, 3.05) is 27.2 Å². The topological polar surface area (TPSA) is 69.7 Å². The first-order valence-corrected chi connectivity index (χ1v) is 11.8. The summed E-state index contributed by atoms with van der Waals surface area (Å²) in [6, 6.07) is 9.49. The summed E-state index contributed by atoms with van der Waals surface area (Å²) in [5, 5.41) is 4.57. The largest absolute Gasteiger partial charge is 0.347 e. The predicted octanol–water partition coefficient (Wildman–Crippen LogP) is 2.91. The average molecular weight is 422 g/mol. The number of amides is 1. The fourth-order valence-corrected chi connectivity index (χ4v) is 6.23. The first-order valence-electron chi connectivity index (χ1n) is 9.47. The van der Waals surface area contributed by atoms with Crippen LogP contribution in [-0.2, 0) is 23.1 Å². The van der Waals surface area contributed by atoms with E-state index in [0.29, 0.717) is 19.6 Å². The van der Waals surface area contributed by atoms with Crippen LogP contribution in [0.15, 0.2) is 40.6 Å². The Bertz CT molecular complexity index is 916. The number of piperidine rings is 1. The van der Waals surface area contributed by atoms with Gasteiger partial charge >= 0.3 is 0 Å². The van der Waals surface area contributed by atoms with Crippen LogP contribution in [0.2, 0.25) is 0 Å². The molecule has 0 unspecified atom stereocenters. The Balaban J connectivity index is 1.74. The van der Waals surface area contributed by atoms with E-state index in [9.17, 15) is 13.2 Å². The van der Waals surface area contributed by atoms with Crippen molar-refractivity contribution in [1.82, 2.24) is 14.5 Å². The van der Waals surface area contributed by atoms with Crippen molar-refractivity contribution >= 4 is 27.3 Å². The van der Waals surface area contributed by atoms with E-state index in [1.165, 1.54) is 15.6 Å². The van der Waals surface area contributed by atoms with Gasteiger partial charge < -0.3 is 10.2 Å². The van der Waals surface area contributed by atoms with Crippen molar-refractivity contribution in [3.63, 3.8) is 0 Å². The molecule has 1 fully saturated rings. The highest BCUT2D eigenvalue weighted by molar-refractivity contribution is 7.89. The van der Waals surface area contributed by atoms with Crippen LogP contribution in [0.1, 0.15) is 40.1 Å². The molecular formula is C20H27N3O3S2. The molecule has 3 rings (SSSR count). The Kier molecular flexibility index (Phi) is 6.87. The molecule has 2 aromatic rings. The highest BCUT2D eigenvalue weighted by Crippen LogP contribution is 2.27. The van der Waals surface area contributed by atoms with Crippen LogP contribution in [0.25, 0.3) is 0 Å². The zero-order chi connectivity index (χ0) is 20.1. The van der Waals surface area contributed by atoms with Crippen molar-refractivity contribution in [1.29, 1.82) is 0 Å². The van der Waals surface area contributed by atoms with Crippen molar-refractivity contribution in [3.05, 3.63) is 51.7 Å². The molecule has 0 bridgehead atoms. The quantitative estimate of drug-likeness (QED) is 0.746. The normalized spacial score (nSPS) is 15.7. The molecule has 8 heteroatoms. The standard InChI is InChI=1S/C20H27N3O3S2/c1-22(2)15-17-9-5-4-8-16(17)14-21-20(24)19-18(10-13-27-19)28(25,26)23-11-6-3-7-12-23/h4-5,8-10,13H,3,6-7,11-12,14-15H2,1-2H3,(H,21,24). The Morgan fingerprint density at radius 1 is 1.11 bits per heavy atom. The van der Waals surface area contributed by atoms with E-state index in [1.807, 2.05) is 38.4 Å². The fraction of sp³-hybridized carbons (Fsp3) is 0.450. The number of sulfonamides is 1. The van der Waals surface area contributed by atoms with Gasteiger partial charge in [0.2, 0.25) is 10.0 Å². The van der Waals surface area contributed by atoms with Gasteiger partial charge in [-0.3, -0.25) is 4.79 Å². The van der Waals surface area contributed by atoms with Crippen LogP contribution in [0.3, 0.4) is 0 Å². The minimum atomic E-state index is -3.63. The maximum Gasteiger partial charge on any atom is 0.263 e. The molecule has 0 atom stereocenters. The summed E-state index contributed by atoms with van der Waals surface area (Å²) in [6.07, 6.45) is 2.79. The maximum atomic E-state index is 13.0. The molecule has 1 aliphatic rings. The minimum absolute atomic E-state index is 0.124. The molecule has 2 heterocycles. The number of hydrogen-bond donors (Lipinski definition) is 1. The van der Waals surface area contributed by atoms with E-state index in [4.69, 9.17) is 0 Å². The number of hydrogen-bond acceptors (Lipinski definition) is 5. The molecule has 1 aromatic heterocycles. The van der Waals surface area contributed by atoms with Gasteiger partial charge in [-0.05, 0) is 49.5 Å². The molecule has 1 aliphatic heterocycles. The summed E-state index contributed by atoms with van der Waals surface area (Å²) in [7, 11) is 0.372. The van der Waals surface area contributed by atoms with Gasteiger partial charge in [0, 0.05) is 26.2 Å². The van der Waals surface area contributed by atoms with Crippen LogP contribution in [0, 0.1) is 0 Å². The molecule has 28 heavy (non-hydrogen) atoms. The zero-order valence-electron chi connectivity index (χ0n) is 16.3. The number of nitrogens with one attached hydrogen (secondary N) is 1. The predicted molar refractivity (Wildman–Crippen MR) is 112 cm³/mol. The van der Waals surface area contributed by atoms with Gasteiger partial charge in [-0.25, -0.2) is 8.42 Å². The molecule has 0 spiro atoms. The summed E-state index contributed by atoms with van der Waals surface area (Å²) in [6.45, 7) is 2.19. The lowest BCUT2D eigenvalue weighted by molar-refractivity contribution is 0.0951. The van der Waals surface area contributed by atoms with Crippen molar-refractivity contribution in [2.45, 2.75) is 37.2 Å². The number of carbonyl (C=O) groups excluding carboxylic acids is 1. The number of nitrogens with zero attached hydrogens (tertiary/aromatic N) is 2. The van der Waals surface area contributed by atoms with Gasteiger partial charge in [0.1, 0.15) is 9.77 Å². The minimum Gasteiger partial charge on any atom is -0.347 e. The van der Waals surface area contributed by atoms with E-state index in [1.54, 1.807) is 11.4 Å². The Morgan fingerprint density at radius 3 is 2.46 bits per heavy atom. The third-order valence-corrected chi connectivity index (χ3v) is 7.80. The number of benzene rings is 1. The summed E-state index contributed by atoms with van der Waals surface area (Å²) < 4.78 is 27.4. The number of thiophene rings is 1. The fourth-order valence-electron chi connectivity index (χ4n) is 3.39. The Morgan fingerprint density at radius 2 is 1.79 bits per heavy atom. The molecular weight excluding hydrogens is 394 g/mol. The van der Waals surface area contributed by atoms with Crippen LogP contribution in [0.5, 0.6) is 0 Å². The highest BCUT2D eigenvalue weighted by atomic mass is 32.2. The first-order chi connectivity index (χ1) is 13.4. The second kappa shape index (κ2) is 9.17. The first kappa shape index (κ1) is 21.0. The summed E-state index contributed by atoms with van der Waals surface area (Å²) >= 11 is 1.17. The lowest BCUT2D eigenvalue weighted by Crippen LogP contribution is -2.36. The lowest BCUT2D eigenvalue weighted by atomic mass is 10.1. The van der Waals surface area contributed by atoms with Gasteiger partial charge in [-0.15, -0.1) is 11.3 Å². The molecule has 1 amide bonds. The van der Waals surface area contributed by atoms with E-state index in [0.717, 1.165) is 36.9 Å². The van der Waals surface area contributed by atoms with Crippen LogP contribution in [0.4, 0.5) is 0 Å². The van der Waals surface area contributed by atoms with Crippen LogP contribution >= 0.6 is 11.3 Å². The Hall–Kier alpha value is -1.74. The molecule has 0 saturated carbocycles. The van der Waals surface area contributed by atoms with E-state index in [-0.39, 0.29) is 15.7 Å². The smallest absolute Gasteiger partial charge is 0.263 e. The van der Waals surface area contributed by atoms with Crippen LogP contribution in [-0.4, -0.2) is 50.7 Å². The monoisotopic (exact) mass is 421 g/mol. The summed E-state index contributed by atoms with van der Waals surface area (Å²) in [5.41, 5.74) is 2.17. The maximum absolute atomic E-state index is 13.0. The molecule has 1 saturated heterocycles. The zero-order valence-corrected chi connectivity index (χ0v) is 18.0. The highest BCUT2D eigenvalue weighted by Gasteiger charge is 2.30. The summed E-state index contributed by atoms with van der Waals surface area (Å²) in [4.78, 5) is 15.2. The Labute approximate surface area is 171 Å². The van der Waals surface area contributed by atoms with E-state index >= 15 is 0 Å². The molecule has 1 N–H and O–H groups in total. The van der Waals surface area contributed by atoms with Gasteiger partial charge in [0.15, 0.2) is 0 Å². The third-order valence-electron chi connectivity index (χ3n) is 4.81. The number of rotatable bonds is 7. The molecule has 1 aromatic carbocycles. The van der Waals surface area contributed by atoms with Crippen molar-refractivity contribution < 1.29 is 13.2 Å². The van der Waals surface area contributed by atoms with Gasteiger partial charge in [0.05, 0.1) is 0 Å². The van der Waals surface area contributed by atoms with Crippen molar-refractivity contribution in [3.8, 4) is 0 Å². The lowest BCUT2D eigenvalue weighted by Gasteiger charge is -2.25. The SMILES string of the molecule is CN(C)Cc1ccccc1CNC(=O)c1sccc1S(=O)(=O)N1CCCCC1. The van der Waals surface area contributed by atoms with Gasteiger partial charge in [-0.2, -0.15) is 4.31 Å². The van der Waals surface area contributed by atoms with Gasteiger partial charge in [-0.1, -0.05) is 30.7 Å². The van der Waals surface area contributed by atoms with Crippen LogP contribution < -0.4 is 5.32 Å². The molecule has 6 nitrogen and oxygen atoms in total. The molecule has 0 radical (unpaired) electrons. The van der Waals surface area contributed by atoms with Gasteiger partial charge in [0.25, 0.3) is 5.91 Å². The number of carbonyl (C=O) groups is 1. The second-order valence-corrected chi connectivity index (χ2v) is 10.1. The molecule has 152 valence electrons. The summed E-state index contributed by atoms with van der Waals surface area (Å²) in [5.74, 6) is -0.342. The van der Waals surface area contributed by atoms with E-state index in [2.05, 4.69) is 10.2 Å². The van der Waals surface area contributed by atoms with E-state index < -0.39 is 10.0 Å². The average Bonchev–Trinajstić information content (AvgIpc) is 3.18. The third kappa shape index (κ3) is 4.81.